The third-order valence-electron chi connectivity index (χ3n) is 4.04. The van der Waals surface area contributed by atoms with Gasteiger partial charge in [0.1, 0.15) is 6.04 Å². The molecule has 0 radical (unpaired) electrons. The lowest BCUT2D eigenvalue weighted by atomic mass is 9.83. The van der Waals surface area contributed by atoms with Crippen LogP contribution in [0, 0.1) is 5.41 Å². The third-order valence-corrected chi connectivity index (χ3v) is 4.74. The van der Waals surface area contributed by atoms with E-state index < -0.39 is 12.0 Å². The quantitative estimate of drug-likeness (QED) is 0.841. The van der Waals surface area contributed by atoms with Crippen LogP contribution in [0.3, 0.4) is 0 Å². The van der Waals surface area contributed by atoms with Gasteiger partial charge in [-0.1, -0.05) is 13.3 Å². The van der Waals surface area contributed by atoms with Crippen molar-refractivity contribution in [2.45, 2.75) is 32.2 Å². The molecule has 2 unspecified atom stereocenters. The number of carboxylic acid groups (broad SMARTS) is 1. The van der Waals surface area contributed by atoms with Crippen LogP contribution < -0.4 is 0 Å². The molecule has 0 aliphatic carbocycles. The predicted molar refractivity (Wildman–Crippen MR) is 75.3 cm³/mol. The zero-order valence-corrected chi connectivity index (χ0v) is 12.0. The number of hydrogen-bond acceptors (Lipinski definition) is 4. The summed E-state index contributed by atoms with van der Waals surface area (Å²) in [7, 11) is 0. The molecular weight excluding hydrogens is 262 g/mol. The molecule has 0 amide bonds. The summed E-state index contributed by atoms with van der Waals surface area (Å²) in [5.41, 5.74) is 0.737. The molecule has 5 heteroatoms. The van der Waals surface area contributed by atoms with E-state index in [-0.39, 0.29) is 12.0 Å². The lowest BCUT2D eigenvalue weighted by molar-refractivity contribution is -0.143. The molecule has 2 atom stereocenters. The van der Waals surface area contributed by atoms with Crippen LogP contribution in [0.2, 0.25) is 0 Å². The number of aliphatic hydroxyl groups is 1. The van der Waals surface area contributed by atoms with Crippen molar-refractivity contribution in [2.75, 3.05) is 19.7 Å². The number of aliphatic carboxylic acids is 1. The molecule has 1 fully saturated rings. The molecule has 2 rings (SSSR count). The summed E-state index contributed by atoms with van der Waals surface area (Å²) in [6.45, 7) is 3.67. The monoisotopic (exact) mass is 283 g/mol. The molecule has 1 aliphatic rings. The van der Waals surface area contributed by atoms with Crippen LogP contribution in [0.15, 0.2) is 16.8 Å². The molecule has 2 heterocycles. The molecule has 1 aromatic heterocycles. The maximum Gasteiger partial charge on any atom is 0.325 e. The first-order valence-corrected chi connectivity index (χ1v) is 7.66. The van der Waals surface area contributed by atoms with Crippen LogP contribution in [0.1, 0.15) is 37.8 Å². The van der Waals surface area contributed by atoms with E-state index in [1.165, 1.54) is 11.3 Å². The molecule has 1 aromatic rings. The second-order valence-electron chi connectivity index (χ2n) is 5.43. The normalized spacial score (nSPS) is 25.6. The minimum absolute atomic E-state index is 0.113. The van der Waals surface area contributed by atoms with E-state index in [1.54, 1.807) is 0 Å². The number of nitrogens with zero attached hydrogens (tertiary/aromatic N) is 1. The Hall–Kier alpha value is -0.910. The molecule has 2 N–H and O–H groups in total. The molecule has 0 bridgehead atoms. The van der Waals surface area contributed by atoms with Crippen molar-refractivity contribution in [2.24, 2.45) is 5.41 Å². The van der Waals surface area contributed by atoms with Gasteiger partial charge in [-0.05, 0) is 41.8 Å². The van der Waals surface area contributed by atoms with Crippen LogP contribution in [0.4, 0.5) is 0 Å². The Kier molecular flexibility index (Phi) is 4.60. The Morgan fingerprint density at radius 3 is 2.95 bits per heavy atom. The Morgan fingerprint density at radius 1 is 1.63 bits per heavy atom. The van der Waals surface area contributed by atoms with Gasteiger partial charge in [-0.2, -0.15) is 11.3 Å². The van der Waals surface area contributed by atoms with E-state index in [0.717, 1.165) is 31.4 Å². The molecule has 1 saturated heterocycles. The van der Waals surface area contributed by atoms with Crippen LogP contribution in [0.25, 0.3) is 0 Å². The minimum Gasteiger partial charge on any atom is -0.480 e. The van der Waals surface area contributed by atoms with Crippen molar-refractivity contribution in [1.82, 2.24) is 4.90 Å². The fourth-order valence-electron chi connectivity index (χ4n) is 3.07. The summed E-state index contributed by atoms with van der Waals surface area (Å²) >= 11 is 1.52. The van der Waals surface area contributed by atoms with Gasteiger partial charge in [0.15, 0.2) is 0 Å². The topological polar surface area (TPSA) is 60.8 Å². The van der Waals surface area contributed by atoms with Crippen molar-refractivity contribution < 1.29 is 15.0 Å². The molecule has 0 spiro atoms. The lowest BCUT2D eigenvalue weighted by Crippen LogP contribution is -2.35. The largest absolute Gasteiger partial charge is 0.480 e. The number of carboxylic acids is 1. The van der Waals surface area contributed by atoms with Gasteiger partial charge in [0.05, 0.1) is 0 Å². The smallest absolute Gasteiger partial charge is 0.325 e. The Bertz CT molecular complexity index is 420. The van der Waals surface area contributed by atoms with E-state index in [2.05, 4.69) is 6.92 Å². The van der Waals surface area contributed by atoms with E-state index in [1.807, 2.05) is 21.7 Å². The zero-order valence-electron chi connectivity index (χ0n) is 11.2. The number of carbonyl (C=O) groups is 1. The predicted octanol–water partition coefficient (Wildman–Crippen LogP) is 2.36. The van der Waals surface area contributed by atoms with Gasteiger partial charge in [0.2, 0.25) is 0 Å². The molecule has 0 saturated carbocycles. The van der Waals surface area contributed by atoms with Crippen LogP contribution in [-0.2, 0) is 4.79 Å². The van der Waals surface area contributed by atoms with Crippen molar-refractivity contribution in [3.05, 3.63) is 22.4 Å². The van der Waals surface area contributed by atoms with Gasteiger partial charge in [-0.3, -0.25) is 9.69 Å². The standard InChI is InChI=1S/C14H21NO3S/c1-2-4-14(10-16)5-6-15(9-14)12(13(17)18)11-3-7-19-8-11/h3,7-8,12,16H,2,4-6,9-10H2,1H3,(H,17,18). The molecule has 106 valence electrons. The van der Waals surface area contributed by atoms with E-state index in [9.17, 15) is 15.0 Å². The number of likely N-dealkylation sites (tertiary alicyclic amines) is 1. The van der Waals surface area contributed by atoms with Gasteiger partial charge in [-0.25, -0.2) is 0 Å². The summed E-state index contributed by atoms with van der Waals surface area (Å²) in [6, 6.07) is 1.30. The summed E-state index contributed by atoms with van der Waals surface area (Å²) in [5.74, 6) is -0.802. The van der Waals surface area contributed by atoms with Crippen molar-refractivity contribution >= 4 is 17.3 Å². The van der Waals surface area contributed by atoms with Crippen molar-refractivity contribution in [1.29, 1.82) is 0 Å². The molecule has 0 aromatic carbocycles. The fourth-order valence-corrected chi connectivity index (χ4v) is 3.75. The third kappa shape index (κ3) is 2.99. The summed E-state index contributed by atoms with van der Waals surface area (Å²) in [5, 5.41) is 22.9. The highest BCUT2D eigenvalue weighted by molar-refractivity contribution is 7.08. The highest BCUT2D eigenvalue weighted by Crippen LogP contribution is 2.39. The van der Waals surface area contributed by atoms with Crippen LogP contribution >= 0.6 is 11.3 Å². The first-order valence-electron chi connectivity index (χ1n) is 6.72. The van der Waals surface area contributed by atoms with Crippen LogP contribution in [-0.4, -0.2) is 40.8 Å². The Morgan fingerprint density at radius 2 is 2.42 bits per heavy atom. The van der Waals surface area contributed by atoms with Crippen molar-refractivity contribution in [3.8, 4) is 0 Å². The number of aliphatic hydroxyl groups excluding tert-OH is 1. The Labute approximate surface area is 117 Å². The van der Waals surface area contributed by atoms with E-state index >= 15 is 0 Å². The number of rotatable bonds is 6. The maximum atomic E-state index is 11.5. The highest BCUT2D eigenvalue weighted by Gasteiger charge is 2.41. The van der Waals surface area contributed by atoms with E-state index in [0.29, 0.717) is 6.54 Å². The number of thiophene rings is 1. The highest BCUT2D eigenvalue weighted by atomic mass is 32.1. The minimum atomic E-state index is -0.802. The van der Waals surface area contributed by atoms with Gasteiger partial charge < -0.3 is 10.2 Å². The summed E-state index contributed by atoms with van der Waals surface area (Å²) < 4.78 is 0. The van der Waals surface area contributed by atoms with Gasteiger partial charge in [0.25, 0.3) is 0 Å². The average Bonchev–Trinajstić information content (AvgIpc) is 3.01. The first kappa shape index (κ1) is 14.5. The van der Waals surface area contributed by atoms with E-state index in [4.69, 9.17) is 0 Å². The molecule has 1 aliphatic heterocycles. The lowest BCUT2D eigenvalue weighted by Gasteiger charge is -2.29. The maximum absolute atomic E-state index is 11.5. The second kappa shape index (κ2) is 6.03. The Balaban J connectivity index is 2.15. The SMILES string of the molecule is CCCC1(CO)CCN(C(C(=O)O)c2ccsc2)C1. The van der Waals surface area contributed by atoms with Gasteiger partial charge in [-0.15, -0.1) is 0 Å². The van der Waals surface area contributed by atoms with Gasteiger partial charge in [0, 0.05) is 18.6 Å². The molecule has 4 nitrogen and oxygen atoms in total. The average molecular weight is 283 g/mol. The van der Waals surface area contributed by atoms with Crippen molar-refractivity contribution in [3.63, 3.8) is 0 Å². The molecule has 19 heavy (non-hydrogen) atoms. The fraction of sp³-hybridized carbons (Fsp3) is 0.643. The summed E-state index contributed by atoms with van der Waals surface area (Å²) in [4.78, 5) is 13.5. The van der Waals surface area contributed by atoms with Crippen LogP contribution in [0.5, 0.6) is 0 Å². The zero-order chi connectivity index (χ0) is 13.9. The first-order chi connectivity index (χ1) is 9.12. The summed E-state index contributed by atoms with van der Waals surface area (Å²) in [6.07, 6.45) is 2.85. The van der Waals surface area contributed by atoms with Gasteiger partial charge >= 0.3 is 5.97 Å². The second-order valence-corrected chi connectivity index (χ2v) is 6.21. The molecular formula is C14H21NO3S. The number of hydrogen-bond donors (Lipinski definition) is 2.